The highest BCUT2D eigenvalue weighted by Crippen LogP contribution is 2.42. The number of aromatic carboxylic acids is 1. The molecule has 1 fully saturated rings. The molecule has 1 heterocycles. The Kier molecular flexibility index (Phi) is 9.29. The molecule has 3 unspecified atom stereocenters. The molecule has 1 aliphatic rings. The maximum Gasteiger partial charge on any atom is 0.335 e. The zero-order valence-electron chi connectivity index (χ0n) is 21.7. The van der Waals surface area contributed by atoms with Crippen molar-refractivity contribution in [3.63, 3.8) is 0 Å². The van der Waals surface area contributed by atoms with Crippen LogP contribution in [0.5, 0.6) is 5.75 Å². The number of nitrogens with one attached hydrogen (secondary N) is 3. The highest BCUT2D eigenvalue weighted by Gasteiger charge is 2.50. The summed E-state index contributed by atoms with van der Waals surface area (Å²) in [5.41, 5.74) is 0.796. The molecule has 4 rings (SSSR count). The lowest BCUT2D eigenvalue weighted by molar-refractivity contribution is -0.120. The van der Waals surface area contributed by atoms with Crippen molar-refractivity contribution < 1.29 is 28.6 Å². The molecular weight excluding hydrogens is 560 g/mol. The third-order valence-corrected chi connectivity index (χ3v) is 7.42. The number of amides is 2. The second-order valence-electron chi connectivity index (χ2n) is 9.44. The zero-order chi connectivity index (χ0) is 29.0. The Morgan fingerprint density at radius 1 is 1.02 bits per heavy atom. The Labute approximate surface area is 240 Å². The maximum absolute atomic E-state index is 15.5. The molecule has 1 aliphatic heterocycles. The van der Waals surface area contributed by atoms with Gasteiger partial charge in [-0.3, -0.25) is 9.59 Å². The number of halogens is 3. The molecule has 0 bridgehead atoms. The van der Waals surface area contributed by atoms with Gasteiger partial charge in [0.25, 0.3) is 0 Å². The van der Waals surface area contributed by atoms with Gasteiger partial charge in [0.05, 0.1) is 35.3 Å². The Bertz CT molecular complexity index is 1440. The molecule has 40 heavy (non-hydrogen) atoms. The van der Waals surface area contributed by atoms with Crippen LogP contribution in [0.1, 0.15) is 41.6 Å². The van der Waals surface area contributed by atoms with E-state index in [-0.39, 0.29) is 27.6 Å². The third-order valence-electron chi connectivity index (χ3n) is 6.90. The molecule has 0 aromatic heterocycles. The number of benzene rings is 3. The number of hydrogen-bond donors (Lipinski definition) is 4. The van der Waals surface area contributed by atoms with Gasteiger partial charge in [0.15, 0.2) is 0 Å². The van der Waals surface area contributed by atoms with Crippen LogP contribution in [-0.4, -0.2) is 42.1 Å². The number of ether oxygens (including phenoxy) is 1. The fourth-order valence-electron chi connectivity index (χ4n) is 5.13. The number of anilines is 2. The Balaban J connectivity index is 1.74. The van der Waals surface area contributed by atoms with Crippen molar-refractivity contribution in [1.82, 2.24) is 5.32 Å². The number of carboxylic acids is 1. The van der Waals surface area contributed by atoms with E-state index in [2.05, 4.69) is 16.0 Å². The van der Waals surface area contributed by atoms with E-state index in [4.69, 9.17) is 27.9 Å². The average Bonchev–Trinajstić information content (AvgIpc) is 3.29. The molecular formula is C29H28Cl2FN3O5. The SMILES string of the molecule is CCCC1N[C@@H](C(=O)Nc2ccc(C(=O)O)cc2OC)C(c2cccc(Cl)c2F)C1C(=O)Nc1cccc(Cl)c1. The number of methoxy groups -OCH3 is 1. The van der Waals surface area contributed by atoms with Crippen molar-refractivity contribution in [1.29, 1.82) is 0 Å². The number of rotatable bonds is 9. The van der Waals surface area contributed by atoms with E-state index in [1.54, 1.807) is 30.3 Å². The normalized spacial score (nSPS) is 20.1. The standard InChI is InChI=1S/C29H28Cl2FN3O5/c1-3-6-21-24(27(36)33-17-8-4-7-16(30)14-17)23(18-9-5-10-19(31)25(18)32)26(34-21)28(37)35-20-12-11-15(29(38)39)13-22(20)40-2/h4-5,7-14,21,23-24,26,34H,3,6H2,1-2H3,(H,33,36)(H,35,37)(H,38,39)/t21?,23?,24?,26-/m1/s1. The highest BCUT2D eigenvalue weighted by molar-refractivity contribution is 6.31. The van der Waals surface area contributed by atoms with E-state index < -0.39 is 47.5 Å². The van der Waals surface area contributed by atoms with Crippen molar-refractivity contribution >= 4 is 52.4 Å². The zero-order valence-corrected chi connectivity index (χ0v) is 23.2. The van der Waals surface area contributed by atoms with E-state index >= 15 is 4.39 Å². The summed E-state index contributed by atoms with van der Waals surface area (Å²) in [6, 6.07) is 13.7. The lowest BCUT2D eigenvalue weighted by atomic mass is 9.79. The maximum atomic E-state index is 15.5. The van der Waals surface area contributed by atoms with Gasteiger partial charge < -0.3 is 25.8 Å². The van der Waals surface area contributed by atoms with Crippen LogP contribution in [0.25, 0.3) is 0 Å². The first-order valence-corrected chi connectivity index (χ1v) is 13.4. The molecule has 2 amide bonds. The topological polar surface area (TPSA) is 117 Å². The second-order valence-corrected chi connectivity index (χ2v) is 10.3. The number of carboxylic acid groups (broad SMARTS) is 1. The predicted octanol–water partition coefficient (Wildman–Crippen LogP) is 5.96. The molecule has 4 N–H and O–H groups in total. The lowest BCUT2D eigenvalue weighted by Gasteiger charge is -2.26. The molecule has 11 heteroatoms. The third kappa shape index (κ3) is 6.22. The predicted molar refractivity (Wildman–Crippen MR) is 152 cm³/mol. The minimum atomic E-state index is -1.15. The lowest BCUT2D eigenvalue weighted by Crippen LogP contribution is -2.41. The molecule has 1 saturated heterocycles. The summed E-state index contributed by atoms with van der Waals surface area (Å²) in [5, 5.41) is 18.5. The number of carbonyl (C=O) groups is 3. The van der Waals surface area contributed by atoms with E-state index in [1.807, 2.05) is 6.92 Å². The largest absolute Gasteiger partial charge is 0.495 e. The molecule has 4 atom stereocenters. The summed E-state index contributed by atoms with van der Waals surface area (Å²) in [4.78, 5) is 38.9. The molecule has 0 aliphatic carbocycles. The highest BCUT2D eigenvalue weighted by atomic mass is 35.5. The van der Waals surface area contributed by atoms with Gasteiger partial charge in [-0.1, -0.05) is 54.7 Å². The van der Waals surface area contributed by atoms with Gasteiger partial charge in [0.1, 0.15) is 11.6 Å². The first kappa shape index (κ1) is 29.3. The Morgan fingerprint density at radius 3 is 2.45 bits per heavy atom. The van der Waals surface area contributed by atoms with Crippen molar-refractivity contribution in [2.24, 2.45) is 5.92 Å². The van der Waals surface area contributed by atoms with Crippen LogP contribution < -0.4 is 20.7 Å². The molecule has 8 nitrogen and oxygen atoms in total. The number of carbonyl (C=O) groups excluding carboxylic acids is 2. The molecule has 3 aromatic rings. The van der Waals surface area contributed by atoms with Crippen LogP contribution in [0.15, 0.2) is 60.7 Å². The summed E-state index contributed by atoms with van der Waals surface area (Å²) >= 11 is 12.2. The van der Waals surface area contributed by atoms with Gasteiger partial charge in [-0.05, 0) is 54.4 Å². The van der Waals surface area contributed by atoms with Crippen molar-refractivity contribution in [2.45, 2.75) is 37.8 Å². The van der Waals surface area contributed by atoms with Gasteiger partial charge in [-0.25, -0.2) is 9.18 Å². The van der Waals surface area contributed by atoms with Gasteiger partial charge in [-0.2, -0.15) is 0 Å². The monoisotopic (exact) mass is 587 g/mol. The summed E-state index contributed by atoms with van der Waals surface area (Å²) in [6.07, 6.45) is 1.23. The number of hydrogen-bond acceptors (Lipinski definition) is 5. The van der Waals surface area contributed by atoms with E-state index in [1.165, 1.54) is 37.4 Å². The van der Waals surface area contributed by atoms with Crippen molar-refractivity contribution in [3.05, 3.63) is 87.7 Å². The molecule has 3 aromatic carbocycles. The van der Waals surface area contributed by atoms with Crippen LogP contribution in [0, 0.1) is 11.7 Å². The average molecular weight is 588 g/mol. The van der Waals surface area contributed by atoms with Gasteiger partial charge in [0.2, 0.25) is 11.8 Å². The molecule has 0 saturated carbocycles. The van der Waals surface area contributed by atoms with E-state index in [0.29, 0.717) is 23.6 Å². The quantitative estimate of drug-likeness (QED) is 0.245. The minimum Gasteiger partial charge on any atom is -0.495 e. The Morgan fingerprint density at radius 2 is 1.77 bits per heavy atom. The molecule has 0 spiro atoms. The first-order valence-electron chi connectivity index (χ1n) is 12.6. The minimum absolute atomic E-state index is 0.0199. The van der Waals surface area contributed by atoms with Gasteiger partial charge in [-0.15, -0.1) is 0 Å². The van der Waals surface area contributed by atoms with Gasteiger partial charge >= 0.3 is 5.97 Å². The summed E-state index contributed by atoms with van der Waals surface area (Å²) in [7, 11) is 1.35. The van der Waals surface area contributed by atoms with E-state index in [9.17, 15) is 19.5 Å². The van der Waals surface area contributed by atoms with Crippen LogP contribution in [0.4, 0.5) is 15.8 Å². The van der Waals surface area contributed by atoms with Crippen LogP contribution in [-0.2, 0) is 9.59 Å². The fourth-order valence-corrected chi connectivity index (χ4v) is 5.51. The van der Waals surface area contributed by atoms with Gasteiger partial charge in [0, 0.05) is 22.7 Å². The molecule has 0 radical (unpaired) electrons. The summed E-state index contributed by atoms with van der Waals surface area (Å²) < 4.78 is 20.8. The Hall–Kier alpha value is -3.66. The van der Waals surface area contributed by atoms with Crippen molar-refractivity contribution in [2.75, 3.05) is 17.7 Å². The molecule has 210 valence electrons. The van der Waals surface area contributed by atoms with E-state index in [0.717, 1.165) is 0 Å². The first-order chi connectivity index (χ1) is 19.1. The van der Waals surface area contributed by atoms with Crippen LogP contribution in [0.2, 0.25) is 10.0 Å². The fraction of sp³-hybridized carbons (Fsp3) is 0.276. The van der Waals surface area contributed by atoms with Crippen LogP contribution in [0.3, 0.4) is 0 Å². The smallest absolute Gasteiger partial charge is 0.335 e. The van der Waals surface area contributed by atoms with Crippen molar-refractivity contribution in [3.8, 4) is 5.75 Å². The summed E-state index contributed by atoms with van der Waals surface area (Å²) in [6.45, 7) is 1.95. The summed E-state index contributed by atoms with van der Waals surface area (Å²) in [5.74, 6) is -4.47. The van der Waals surface area contributed by atoms with Crippen LogP contribution >= 0.6 is 23.2 Å². The second kappa shape index (κ2) is 12.7.